The van der Waals surface area contributed by atoms with Crippen LogP contribution in [0.15, 0.2) is 0 Å². The first kappa shape index (κ1) is 9.44. The summed E-state index contributed by atoms with van der Waals surface area (Å²) >= 11 is 0. The Bertz CT molecular complexity index is 185. The molecule has 0 radical (unpaired) electrons. The van der Waals surface area contributed by atoms with E-state index in [0.29, 0.717) is 0 Å². The first-order chi connectivity index (χ1) is 6.24. The van der Waals surface area contributed by atoms with Gasteiger partial charge >= 0.3 is 0 Å². The van der Waals surface area contributed by atoms with Crippen LogP contribution in [0.2, 0.25) is 0 Å². The van der Waals surface area contributed by atoms with Gasteiger partial charge in [0.1, 0.15) is 5.72 Å². The normalized spacial score (nSPS) is 30.0. The lowest BCUT2D eigenvalue weighted by molar-refractivity contribution is -0.222. The largest absolute Gasteiger partial charge is 0.351 e. The Morgan fingerprint density at radius 3 is 2.38 bits per heavy atom. The van der Waals surface area contributed by atoms with E-state index in [1.165, 1.54) is 0 Å². The molecule has 0 aliphatic carbocycles. The molecule has 0 amide bonds. The quantitative estimate of drug-likeness (QED) is 0.667. The highest BCUT2D eigenvalue weighted by Crippen LogP contribution is 2.34. The molecule has 2 aliphatic heterocycles. The molecule has 3 nitrogen and oxygen atoms in total. The Kier molecular flexibility index (Phi) is 2.34. The van der Waals surface area contributed by atoms with Crippen molar-refractivity contribution < 1.29 is 4.74 Å². The van der Waals surface area contributed by atoms with Crippen LogP contribution in [-0.4, -0.2) is 31.0 Å². The molecule has 0 bridgehead atoms. The van der Waals surface area contributed by atoms with Crippen LogP contribution in [0, 0.1) is 0 Å². The lowest BCUT2D eigenvalue weighted by atomic mass is 9.89. The number of hydrogen-bond donors (Lipinski definition) is 2. The first-order valence-electron chi connectivity index (χ1n) is 5.40. The molecule has 0 saturated carbocycles. The average molecular weight is 184 g/mol. The van der Waals surface area contributed by atoms with Crippen LogP contribution >= 0.6 is 0 Å². The van der Waals surface area contributed by atoms with Gasteiger partial charge in [-0.25, -0.2) is 0 Å². The molecule has 0 aromatic carbocycles. The summed E-state index contributed by atoms with van der Waals surface area (Å²) < 4.78 is 6.22. The van der Waals surface area contributed by atoms with Crippen molar-refractivity contribution in [3.63, 3.8) is 0 Å². The fraction of sp³-hybridized carbons (Fsp3) is 1.00. The van der Waals surface area contributed by atoms with E-state index >= 15 is 0 Å². The maximum Gasteiger partial charge on any atom is 0.145 e. The molecule has 2 N–H and O–H groups in total. The van der Waals surface area contributed by atoms with E-state index < -0.39 is 0 Å². The minimum atomic E-state index is -0.0235. The van der Waals surface area contributed by atoms with Crippen molar-refractivity contribution in [1.29, 1.82) is 0 Å². The highest BCUT2D eigenvalue weighted by Gasteiger charge is 2.47. The number of nitrogens with one attached hydrogen (secondary N) is 2. The molecule has 2 aliphatic rings. The van der Waals surface area contributed by atoms with Gasteiger partial charge in [0.15, 0.2) is 0 Å². The summed E-state index contributed by atoms with van der Waals surface area (Å²) in [5.41, 5.74) is 0.123. The van der Waals surface area contributed by atoms with Crippen LogP contribution in [0.25, 0.3) is 0 Å². The highest BCUT2D eigenvalue weighted by atomic mass is 16.5. The maximum absolute atomic E-state index is 6.22. The third kappa shape index (κ3) is 1.49. The number of ether oxygens (including phenoxy) is 1. The zero-order valence-electron chi connectivity index (χ0n) is 8.65. The fourth-order valence-electron chi connectivity index (χ4n) is 2.32. The zero-order valence-corrected chi connectivity index (χ0v) is 8.65. The lowest BCUT2D eigenvalue weighted by Crippen LogP contribution is -2.74. The third-order valence-electron chi connectivity index (χ3n) is 3.55. The van der Waals surface area contributed by atoms with Crippen LogP contribution in [0.3, 0.4) is 0 Å². The zero-order chi connectivity index (χ0) is 9.36. The van der Waals surface area contributed by atoms with Gasteiger partial charge in [-0.1, -0.05) is 13.8 Å². The van der Waals surface area contributed by atoms with E-state index in [1.807, 2.05) is 0 Å². The Balaban J connectivity index is 2.05. The fourth-order valence-corrected chi connectivity index (χ4v) is 2.32. The average Bonchev–Trinajstić information content (AvgIpc) is 2.15. The van der Waals surface area contributed by atoms with Gasteiger partial charge < -0.3 is 10.1 Å². The van der Waals surface area contributed by atoms with E-state index in [9.17, 15) is 0 Å². The summed E-state index contributed by atoms with van der Waals surface area (Å²) in [6.07, 6.45) is 3.42. The van der Waals surface area contributed by atoms with E-state index in [-0.39, 0.29) is 11.3 Å². The minimum Gasteiger partial charge on any atom is -0.351 e. The van der Waals surface area contributed by atoms with Gasteiger partial charge in [-0.3, -0.25) is 5.32 Å². The predicted molar refractivity (Wildman–Crippen MR) is 52.6 cm³/mol. The third-order valence-corrected chi connectivity index (χ3v) is 3.55. The second kappa shape index (κ2) is 3.23. The molecular weight excluding hydrogens is 164 g/mol. The summed E-state index contributed by atoms with van der Waals surface area (Å²) in [5, 5.41) is 6.74. The molecule has 3 heteroatoms. The predicted octanol–water partition coefficient (Wildman–Crippen LogP) is 0.855. The summed E-state index contributed by atoms with van der Waals surface area (Å²) in [5.74, 6) is 0. The highest BCUT2D eigenvalue weighted by molar-refractivity contribution is 4.99. The molecule has 0 aromatic heterocycles. The van der Waals surface area contributed by atoms with Gasteiger partial charge in [-0.05, 0) is 19.3 Å². The van der Waals surface area contributed by atoms with E-state index in [1.54, 1.807) is 0 Å². The summed E-state index contributed by atoms with van der Waals surface area (Å²) in [4.78, 5) is 0. The molecule has 0 atom stereocenters. The van der Waals surface area contributed by atoms with Crippen molar-refractivity contribution >= 4 is 0 Å². The topological polar surface area (TPSA) is 33.3 Å². The molecule has 76 valence electrons. The van der Waals surface area contributed by atoms with Crippen molar-refractivity contribution in [2.24, 2.45) is 0 Å². The van der Waals surface area contributed by atoms with Crippen LogP contribution in [-0.2, 0) is 4.74 Å². The van der Waals surface area contributed by atoms with Crippen molar-refractivity contribution in [2.75, 3.05) is 19.6 Å². The summed E-state index contributed by atoms with van der Waals surface area (Å²) in [6, 6.07) is 0. The SMILES string of the molecule is CCC1(CC)CCNC2(CNC2)O1. The van der Waals surface area contributed by atoms with E-state index in [2.05, 4.69) is 24.5 Å². The van der Waals surface area contributed by atoms with Crippen molar-refractivity contribution in [1.82, 2.24) is 10.6 Å². The minimum absolute atomic E-state index is 0.0235. The molecule has 1 spiro atoms. The molecule has 2 fully saturated rings. The van der Waals surface area contributed by atoms with Crippen molar-refractivity contribution in [3.05, 3.63) is 0 Å². The van der Waals surface area contributed by atoms with Crippen LogP contribution < -0.4 is 10.6 Å². The van der Waals surface area contributed by atoms with Crippen LogP contribution in [0.5, 0.6) is 0 Å². The van der Waals surface area contributed by atoms with Crippen molar-refractivity contribution in [3.8, 4) is 0 Å². The van der Waals surface area contributed by atoms with E-state index in [0.717, 1.165) is 38.9 Å². The molecular formula is C10H20N2O. The van der Waals surface area contributed by atoms with Crippen molar-refractivity contribution in [2.45, 2.75) is 44.4 Å². The molecule has 2 saturated heterocycles. The Labute approximate surface area is 80.2 Å². The Morgan fingerprint density at radius 1 is 1.23 bits per heavy atom. The first-order valence-corrected chi connectivity index (χ1v) is 5.40. The molecule has 0 aromatic rings. The van der Waals surface area contributed by atoms with Gasteiger partial charge in [0, 0.05) is 19.6 Å². The second-order valence-electron chi connectivity index (χ2n) is 4.27. The standard InChI is InChI=1S/C10H20N2O/c1-3-9(4-2)5-6-12-10(13-9)7-11-8-10/h11-12H,3-8H2,1-2H3. The Hall–Kier alpha value is -0.120. The lowest BCUT2D eigenvalue weighted by Gasteiger charge is -2.53. The van der Waals surface area contributed by atoms with Crippen LogP contribution in [0.1, 0.15) is 33.1 Å². The summed E-state index contributed by atoms with van der Waals surface area (Å²) in [6.45, 7) is 7.50. The van der Waals surface area contributed by atoms with Gasteiger partial charge in [-0.15, -0.1) is 0 Å². The summed E-state index contributed by atoms with van der Waals surface area (Å²) in [7, 11) is 0. The molecule has 2 rings (SSSR count). The van der Waals surface area contributed by atoms with Crippen LogP contribution in [0.4, 0.5) is 0 Å². The number of rotatable bonds is 2. The van der Waals surface area contributed by atoms with Gasteiger partial charge in [0.25, 0.3) is 0 Å². The molecule has 13 heavy (non-hydrogen) atoms. The smallest absolute Gasteiger partial charge is 0.145 e. The van der Waals surface area contributed by atoms with Gasteiger partial charge in [-0.2, -0.15) is 0 Å². The maximum atomic E-state index is 6.22. The second-order valence-corrected chi connectivity index (χ2v) is 4.27. The van der Waals surface area contributed by atoms with Gasteiger partial charge in [0.05, 0.1) is 5.60 Å². The molecule has 2 heterocycles. The molecule has 0 unspecified atom stereocenters. The Morgan fingerprint density at radius 2 is 1.92 bits per heavy atom. The van der Waals surface area contributed by atoms with E-state index in [4.69, 9.17) is 4.74 Å². The number of hydrogen-bond acceptors (Lipinski definition) is 3. The van der Waals surface area contributed by atoms with Gasteiger partial charge in [0.2, 0.25) is 0 Å². The monoisotopic (exact) mass is 184 g/mol.